The highest BCUT2D eigenvalue weighted by atomic mass is 16.5. The van der Waals surface area contributed by atoms with Crippen LogP contribution in [0.1, 0.15) is 36.4 Å². The van der Waals surface area contributed by atoms with Crippen LogP contribution in [0.15, 0.2) is 18.2 Å². The number of piperidine rings is 1. The van der Waals surface area contributed by atoms with Crippen molar-refractivity contribution < 1.29 is 14.6 Å². The number of aliphatic carboxylic acids is 1. The van der Waals surface area contributed by atoms with E-state index in [4.69, 9.17) is 4.74 Å². The molecular weight excluding hydrogens is 242 g/mol. The molecule has 1 saturated heterocycles. The standard InChI is InChI=1S/C15H21NO3/c1-11-6-7-13(19-2)12(10-11)14(15(17)18)16-8-4-3-5-9-16/h6-7,10,14H,3-5,8-9H2,1-2H3,(H,17,18). The number of benzene rings is 1. The molecule has 1 unspecified atom stereocenters. The van der Waals surface area contributed by atoms with E-state index >= 15 is 0 Å². The largest absolute Gasteiger partial charge is 0.496 e. The summed E-state index contributed by atoms with van der Waals surface area (Å²) in [5, 5.41) is 9.59. The van der Waals surface area contributed by atoms with E-state index in [9.17, 15) is 9.90 Å². The van der Waals surface area contributed by atoms with E-state index in [0.717, 1.165) is 37.1 Å². The molecule has 1 N–H and O–H groups in total. The Kier molecular flexibility index (Phi) is 4.43. The zero-order valence-electron chi connectivity index (χ0n) is 11.6. The molecule has 0 spiro atoms. The lowest BCUT2D eigenvalue weighted by Crippen LogP contribution is -2.38. The molecule has 0 aliphatic carbocycles. The van der Waals surface area contributed by atoms with Crippen molar-refractivity contribution in [3.8, 4) is 5.75 Å². The summed E-state index contributed by atoms with van der Waals surface area (Å²) in [6.07, 6.45) is 3.32. The maximum Gasteiger partial charge on any atom is 0.325 e. The first kappa shape index (κ1) is 13.9. The molecule has 1 atom stereocenters. The number of hydrogen-bond donors (Lipinski definition) is 1. The zero-order valence-corrected chi connectivity index (χ0v) is 11.6. The molecule has 0 radical (unpaired) electrons. The molecule has 2 rings (SSSR count). The number of ether oxygens (including phenoxy) is 1. The normalized spacial score (nSPS) is 18.0. The van der Waals surface area contributed by atoms with Gasteiger partial charge in [0, 0.05) is 5.56 Å². The maximum atomic E-state index is 11.7. The fraction of sp³-hybridized carbons (Fsp3) is 0.533. The molecule has 1 aliphatic heterocycles. The Bertz CT molecular complexity index is 453. The van der Waals surface area contributed by atoms with Gasteiger partial charge in [-0.25, -0.2) is 0 Å². The predicted molar refractivity (Wildman–Crippen MR) is 73.5 cm³/mol. The quantitative estimate of drug-likeness (QED) is 0.907. The number of carboxylic acids is 1. The van der Waals surface area contributed by atoms with Crippen molar-refractivity contribution in [2.75, 3.05) is 20.2 Å². The third-order valence-electron chi connectivity index (χ3n) is 3.67. The summed E-state index contributed by atoms with van der Waals surface area (Å²) < 4.78 is 5.33. The number of carboxylic acid groups (broad SMARTS) is 1. The highest BCUT2D eigenvalue weighted by Gasteiger charge is 2.30. The van der Waals surface area contributed by atoms with E-state index in [2.05, 4.69) is 0 Å². The molecule has 0 amide bonds. The second-order valence-corrected chi connectivity index (χ2v) is 5.08. The summed E-state index contributed by atoms with van der Waals surface area (Å²) in [6, 6.07) is 5.11. The molecule has 0 aromatic heterocycles. The third-order valence-corrected chi connectivity index (χ3v) is 3.67. The average Bonchev–Trinajstić information content (AvgIpc) is 2.40. The summed E-state index contributed by atoms with van der Waals surface area (Å²) in [7, 11) is 1.59. The first-order valence-corrected chi connectivity index (χ1v) is 6.75. The minimum atomic E-state index is -0.800. The summed E-state index contributed by atoms with van der Waals surface area (Å²) >= 11 is 0. The molecule has 4 nitrogen and oxygen atoms in total. The number of nitrogens with zero attached hydrogens (tertiary/aromatic N) is 1. The van der Waals surface area contributed by atoms with Gasteiger partial charge in [-0.2, -0.15) is 0 Å². The molecule has 4 heteroatoms. The van der Waals surface area contributed by atoms with Crippen LogP contribution in [0.3, 0.4) is 0 Å². The molecule has 0 bridgehead atoms. The highest BCUT2D eigenvalue weighted by molar-refractivity contribution is 5.77. The number of carbonyl (C=O) groups is 1. The van der Waals surface area contributed by atoms with Crippen LogP contribution in [0.5, 0.6) is 5.75 Å². The Labute approximate surface area is 114 Å². The third kappa shape index (κ3) is 3.07. The van der Waals surface area contributed by atoms with Crippen molar-refractivity contribution in [2.24, 2.45) is 0 Å². The number of methoxy groups -OCH3 is 1. The minimum absolute atomic E-state index is 0.602. The van der Waals surface area contributed by atoms with Crippen LogP contribution >= 0.6 is 0 Å². The van der Waals surface area contributed by atoms with Crippen LogP contribution in [-0.2, 0) is 4.79 Å². The van der Waals surface area contributed by atoms with Gasteiger partial charge in [-0.05, 0) is 38.9 Å². The van der Waals surface area contributed by atoms with Crippen molar-refractivity contribution in [1.82, 2.24) is 4.90 Å². The van der Waals surface area contributed by atoms with Gasteiger partial charge in [0.1, 0.15) is 11.8 Å². The van der Waals surface area contributed by atoms with Crippen molar-refractivity contribution in [2.45, 2.75) is 32.2 Å². The topological polar surface area (TPSA) is 49.8 Å². The van der Waals surface area contributed by atoms with Gasteiger partial charge in [0.25, 0.3) is 0 Å². The molecule has 1 aliphatic rings. The Hall–Kier alpha value is -1.55. The van der Waals surface area contributed by atoms with Crippen LogP contribution in [0.4, 0.5) is 0 Å². The van der Waals surface area contributed by atoms with Gasteiger partial charge in [-0.3, -0.25) is 9.69 Å². The van der Waals surface area contributed by atoms with Crippen LogP contribution in [0.25, 0.3) is 0 Å². The van der Waals surface area contributed by atoms with Crippen molar-refractivity contribution in [1.29, 1.82) is 0 Å². The molecular formula is C15H21NO3. The van der Waals surface area contributed by atoms with Crippen LogP contribution in [0.2, 0.25) is 0 Å². The van der Waals surface area contributed by atoms with E-state index in [1.807, 2.05) is 30.0 Å². The van der Waals surface area contributed by atoms with Crippen LogP contribution < -0.4 is 4.74 Å². The molecule has 1 fully saturated rings. The van der Waals surface area contributed by atoms with Crippen molar-refractivity contribution in [3.63, 3.8) is 0 Å². The maximum absolute atomic E-state index is 11.7. The number of aryl methyl sites for hydroxylation is 1. The predicted octanol–water partition coefficient (Wildman–Crippen LogP) is 2.62. The second kappa shape index (κ2) is 6.06. The molecule has 0 saturated carbocycles. The van der Waals surface area contributed by atoms with Gasteiger partial charge in [-0.1, -0.05) is 24.1 Å². The zero-order chi connectivity index (χ0) is 13.8. The summed E-state index contributed by atoms with van der Waals surface area (Å²) in [6.45, 7) is 3.65. The molecule has 19 heavy (non-hydrogen) atoms. The molecule has 1 aromatic carbocycles. The average molecular weight is 263 g/mol. The van der Waals surface area contributed by atoms with Crippen LogP contribution in [0, 0.1) is 6.92 Å². The first-order chi connectivity index (χ1) is 9.13. The number of likely N-dealkylation sites (tertiary alicyclic amines) is 1. The smallest absolute Gasteiger partial charge is 0.325 e. The number of hydrogen-bond acceptors (Lipinski definition) is 3. The Morgan fingerprint density at radius 2 is 2.00 bits per heavy atom. The van der Waals surface area contributed by atoms with E-state index < -0.39 is 12.0 Å². The van der Waals surface area contributed by atoms with E-state index in [1.165, 1.54) is 6.42 Å². The van der Waals surface area contributed by atoms with Gasteiger partial charge in [-0.15, -0.1) is 0 Å². The summed E-state index contributed by atoms with van der Waals surface area (Å²) in [4.78, 5) is 13.7. The van der Waals surface area contributed by atoms with Gasteiger partial charge in [0.05, 0.1) is 7.11 Å². The highest BCUT2D eigenvalue weighted by Crippen LogP contribution is 2.32. The van der Waals surface area contributed by atoms with E-state index in [-0.39, 0.29) is 0 Å². The molecule has 1 heterocycles. The van der Waals surface area contributed by atoms with Gasteiger partial charge in [0.2, 0.25) is 0 Å². The van der Waals surface area contributed by atoms with Crippen LogP contribution in [-0.4, -0.2) is 36.2 Å². The lowest BCUT2D eigenvalue weighted by atomic mass is 9.99. The lowest BCUT2D eigenvalue weighted by molar-refractivity contribution is -0.144. The molecule has 104 valence electrons. The summed E-state index contributed by atoms with van der Waals surface area (Å²) in [5.41, 5.74) is 1.82. The van der Waals surface area contributed by atoms with Gasteiger partial charge < -0.3 is 9.84 Å². The Balaban J connectivity index is 2.37. The molecule has 1 aromatic rings. The van der Waals surface area contributed by atoms with Gasteiger partial charge in [0.15, 0.2) is 0 Å². The minimum Gasteiger partial charge on any atom is -0.496 e. The summed E-state index contributed by atoms with van der Waals surface area (Å²) in [5.74, 6) is -0.144. The SMILES string of the molecule is COc1ccc(C)cc1C(C(=O)O)N1CCCCC1. The Morgan fingerprint density at radius 3 is 2.58 bits per heavy atom. The van der Waals surface area contributed by atoms with Crippen molar-refractivity contribution in [3.05, 3.63) is 29.3 Å². The first-order valence-electron chi connectivity index (χ1n) is 6.75. The lowest BCUT2D eigenvalue weighted by Gasteiger charge is -2.32. The number of rotatable bonds is 4. The van der Waals surface area contributed by atoms with Gasteiger partial charge >= 0.3 is 5.97 Å². The fourth-order valence-corrected chi connectivity index (χ4v) is 2.73. The fourth-order valence-electron chi connectivity index (χ4n) is 2.73. The van der Waals surface area contributed by atoms with E-state index in [0.29, 0.717) is 5.75 Å². The Morgan fingerprint density at radius 1 is 1.32 bits per heavy atom. The van der Waals surface area contributed by atoms with Crippen molar-refractivity contribution >= 4 is 5.97 Å². The second-order valence-electron chi connectivity index (χ2n) is 5.08. The van der Waals surface area contributed by atoms with E-state index in [1.54, 1.807) is 7.11 Å². The monoisotopic (exact) mass is 263 g/mol.